The van der Waals surface area contributed by atoms with Crippen LogP contribution in [0.5, 0.6) is 5.75 Å². The molecule has 2 N–H and O–H groups in total. The first-order chi connectivity index (χ1) is 7.15. The number of hydrogen-bond donors (Lipinski definition) is 1. The maximum atomic E-state index is 13.3. The van der Waals surface area contributed by atoms with Crippen molar-refractivity contribution in [2.75, 3.05) is 13.3 Å². The zero-order valence-corrected chi connectivity index (χ0v) is 8.82. The predicted molar refractivity (Wildman–Crippen MR) is 58.4 cm³/mol. The van der Waals surface area contributed by atoms with E-state index in [4.69, 9.17) is 10.5 Å². The normalized spacial score (nSPS) is 10.0. The SMILES string of the molecule is NC(=S)c1ccc(OCCCF)cc1F. The Kier molecular flexibility index (Phi) is 4.42. The minimum Gasteiger partial charge on any atom is -0.493 e. The molecule has 5 heteroatoms. The van der Waals surface area contributed by atoms with Crippen molar-refractivity contribution in [3.8, 4) is 5.75 Å². The summed E-state index contributed by atoms with van der Waals surface area (Å²) in [5, 5.41) is 0. The second-order valence-corrected chi connectivity index (χ2v) is 3.34. The van der Waals surface area contributed by atoms with Gasteiger partial charge < -0.3 is 10.5 Å². The van der Waals surface area contributed by atoms with Crippen LogP contribution in [0.25, 0.3) is 0 Å². The van der Waals surface area contributed by atoms with Gasteiger partial charge in [-0.3, -0.25) is 4.39 Å². The molecule has 1 rings (SSSR count). The Morgan fingerprint density at radius 1 is 1.47 bits per heavy atom. The topological polar surface area (TPSA) is 35.2 Å². The standard InChI is InChI=1S/C10H11F2NOS/c11-4-1-5-14-7-2-3-8(10(13)15)9(12)6-7/h2-3,6H,1,4-5H2,(H2,13,15). The van der Waals surface area contributed by atoms with Crippen molar-refractivity contribution in [1.29, 1.82) is 0 Å². The Balaban J connectivity index is 2.69. The minimum absolute atomic E-state index is 0.00260. The van der Waals surface area contributed by atoms with Crippen molar-refractivity contribution in [1.82, 2.24) is 0 Å². The molecule has 0 aromatic heterocycles. The first kappa shape index (κ1) is 11.8. The highest BCUT2D eigenvalue weighted by Crippen LogP contribution is 2.16. The van der Waals surface area contributed by atoms with Crippen molar-refractivity contribution in [3.63, 3.8) is 0 Å². The van der Waals surface area contributed by atoms with E-state index in [-0.39, 0.29) is 17.2 Å². The zero-order valence-electron chi connectivity index (χ0n) is 8.00. The molecular formula is C10H11F2NOS. The van der Waals surface area contributed by atoms with Gasteiger partial charge >= 0.3 is 0 Å². The Labute approximate surface area is 92.0 Å². The van der Waals surface area contributed by atoms with E-state index in [1.807, 2.05) is 0 Å². The average Bonchev–Trinajstić information content (AvgIpc) is 2.17. The summed E-state index contributed by atoms with van der Waals surface area (Å²) in [5.41, 5.74) is 5.47. The first-order valence-corrected chi connectivity index (χ1v) is 4.84. The van der Waals surface area contributed by atoms with Crippen LogP contribution in [0.4, 0.5) is 8.78 Å². The van der Waals surface area contributed by atoms with Gasteiger partial charge in [-0.15, -0.1) is 0 Å². The molecule has 0 saturated carbocycles. The highest BCUT2D eigenvalue weighted by atomic mass is 32.1. The highest BCUT2D eigenvalue weighted by molar-refractivity contribution is 7.80. The Morgan fingerprint density at radius 2 is 2.20 bits per heavy atom. The molecule has 0 spiro atoms. The van der Waals surface area contributed by atoms with Crippen LogP contribution in [0, 0.1) is 5.82 Å². The summed E-state index contributed by atoms with van der Waals surface area (Å²) in [6.07, 6.45) is 0.290. The van der Waals surface area contributed by atoms with Crippen LogP contribution < -0.4 is 10.5 Å². The molecule has 0 fully saturated rings. The Morgan fingerprint density at radius 3 is 2.73 bits per heavy atom. The largest absolute Gasteiger partial charge is 0.493 e. The van der Waals surface area contributed by atoms with E-state index in [9.17, 15) is 8.78 Å². The third kappa shape index (κ3) is 3.43. The van der Waals surface area contributed by atoms with E-state index in [2.05, 4.69) is 12.2 Å². The quantitative estimate of drug-likeness (QED) is 0.623. The Bertz CT molecular complexity index is 357. The molecule has 0 radical (unpaired) electrons. The van der Waals surface area contributed by atoms with Crippen molar-refractivity contribution >= 4 is 17.2 Å². The van der Waals surface area contributed by atoms with E-state index < -0.39 is 12.5 Å². The van der Waals surface area contributed by atoms with Gasteiger partial charge in [0.15, 0.2) is 0 Å². The van der Waals surface area contributed by atoms with Crippen LogP contribution in [-0.4, -0.2) is 18.3 Å². The van der Waals surface area contributed by atoms with E-state index in [1.54, 1.807) is 6.07 Å². The molecule has 15 heavy (non-hydrogen) atoms. The van der Waals surface area contributed by atoms with Gasteiger partial charge in [0.05, 0.1) is 13.3 Å². The number of thiocarbonyl (C=S) groups is 1. The van der Waals surface area contributed by atoms with Gasteiger partial charge in [0.25, 0.3) is 0 Å². The lowest BCUT2D eigenvalue weighted by Crippen LogP contribution is -2.11. The zero-order chi connectivity index (χ0) is 11.3. The predicted octanol–water partition coefficient (Wildman–Crippen LogP) is 2.20. The number of halogens is 2. The number of nitrogens with two attached hydrogens (primary N) is 1. The third-order valence-electron chi connectivity index (χ3n) is 1.75. The summed E-state index contributed by atoms with van der Waals surface area (Å²) in [6.45, 7) is -0.226. The number of alkyl halides is 1. The number of rotatable bonds is 5. The van der Waals surface area contributed by atoms with Crippen molar-refractivity contribution in [2.45, 2.75) is 6.42 Å². The lowest BCUT2D eigenvalue weighted by molar-refractivity contribution is 0.288. The number of hydrogen-bond acceptors (Lipinski definition) is 2. The van der Waals surface area contributed by atoms with Crippen LogP contribution >= 0.6 is 12.2 Å². The van der Waals surface area contributed by atoms with Gasteiger partial charge in [-0.25, -0.2) is 4.39 Å². The molecule has 1 aromatic carbocycles. The van der Waals surface area contributed by atoms with Gasteiger partial charge in [0, 0.05) is 18.1 Å². The second kappa shape index (κ2) is 5.60. The van der Waals surface area contributed by atoms with Crippen molar-refractivity contribution in [2.24, 2.45) is 5.73 Å². The van der Waals surface area contributed by atoms with E-state index in [0.29, 0.717) is 12.2 Å². The smallest absolute Gasteiger partial charge is 0.137 e. The molecule has 2 nitrogen and oxygen atoms in total. The molecule has 82 valence electrons. The highest BCUT2D eigenvalue weighted by Gasteiger charge is 2.06. The fourth-order valence-electron chi connectivity index (χ4n) is 1.03. The number of ether oxygens (including phenoxy) is 1. The van der Waals surface area contributed by atoms with Crippen molar-refractivity contribution < 1.29 is 13.5 Å². The second-order valence-electron chi connectivity index (χ2n) is 2.90. The average molecular weight is 231 g/mol. The molecule has 0 heterocycles. The summed E-state index contributed by atoms with van der Waals surface area (Å²) >= 11 is 4.65. The maximum absolute atomic E-state index is 13.3. The monoisotopic (exact) mass is 231 g/mol. The first-order valence-electron chi connectivity index (χ1n) is 4.43. The molecule has 0 aliphatic rings. The van der Waals surface area contributed by atoms with Crippen LogP contribution in [0.15, 0.2) is 18.2 Å². The van der Waals surface area contributed by atoms with E-state index >= 15 is 0 Å². The fraction of sp³-hybridized carbons (Fsp3) is 0.300. The summed E-state index contributed by atoms with van der Waals surface area (Å²) in [5.74, 6) is -0.179. The van der Waals surface area contributed by atoms with E-state index in [0.717, 1.165) is 0 Å². The molecule has 0 aliphatic carbocycles. The summed E-state index contributed by atoms with van der Waals surface area (Å²) < 4.78 is 30.1. The molecule has 0 aliphatic heterocycles. The molecule has 0 amide bonds. The van der Waals surface area contributed by atoms with Gasteiger partial charge in [0.2, 0.25) is 0 Å². The molecule has 0 unspecified atom stereocenters. The molecule has 0 atom stereocenters. The number of benzene rings is 1. The summed E-state index contributed by atoms with van der Waals surface area (Å²) in [7, 11) is 0. The molecule has 0 bridgehead atoms. The van der Waals surface area contributed by atoms with E-state index in [1.165, 1.54) is 12.1 Å². The third-order valence-corrected chi connectivity index (χ3v) is 1.97. The van der Waals surface area contributed by atoms with Gasteiger partial charge in [-0.1, -0.05) is 12.2 Å². The van der Waals surface area contributed by atoms with Gasteiger partial charge in [0.1, 0.15) is 16.6 Å². The van der Waals surface area contributed by atoms with Gasteiger partial charge in [-0.05, 0) is 12.1 Å². The van der Waals surface area contributed by atoms with Gasteiger partial charge in [-0.2, -0.15) is 0 Å². The van der Waals surface area contributed by atoms with Crippen LogP contribution in [0.3, 0.4) is 0 Å². The van der Waals surface area contributed by atoms with Crippen molar-refractivity contribution in [3.05, 3.63) is 29.6 Å². The van der Waals surface area contributed by atoms with Crippen LogP contribution in [0.2, 0.25) is 0 Å². The molecule has 0 saturated heterocycles. The Hall–Kier alpha value is -1.23. The summed E-state index contributed by atoms with van der Waals surface area (Å²) in [4.78, 5) is 0.00260. The lowest BCUT2D eigenvalue weighted by atomic mass is 10.2. The lowest BCUT2D eigenvalue weighted by Gasteiger charge is -2.06. The molecule has 1 aromatic rings. The fourth-order valence-corrected chi connectivity index (χ4v) is 1.20. The summed E-state index contributed by atoms with van der Waals surface area (Å²) in [6, 6.07) is 4.19. The molecular weight excluding hydrogens is 220 g/mol. The van der Waals surface area contributed by atoms with Crippen LogP contribution in [0.1, 0.15) is 12.0 Å². The van der Waals surface area contributed by atoms with Crippen LogP contribution in [-0.2, 0) is 0 Å². The minimum atomic E-state index is -0.528. The maximum Gasteiger partial charge on any atom is 0.137 e.